The molecule has 0 saturated heterocycles. The fourth-order valence-corrected chi connectivity index (χ4v) is 1.74. The number of hydrogen-bond acceptors (Lipinski definition) is 1. The summed E-state index contributed by atoms with van der Waals surface area (Å²) in [5.41, 5.74) is 0.675. The smallest absolute Gasteiger partial charge is 0.263 e. The van der Waals surface area contributed by atoms with E-state index in [0.29, 0.717) is 0 Å². The van der Waals surface area contributed by atoms with Crippen LogP contribution in [0.25, 0.3) is 4.85 Å². The van der Waals surface area contributed by atoms with Crippen LogP contribution < -0.4 is 0 Å². The predicted molar refractivity (Wildman–Crippen MR) is 50.2 cm³/mol. The Morgan fingerprint density at radius 1 is 1.46 bits per heavy atom. The highest BCUT2D eigenvalue weighted by Gasteiger charge is 2.62. The van der Waals surface area contributed by atoms with E-state index in [-0.39, 0.29) is 12.5 Å². The van der Waals surface area contributed by atoms with Crippen molar-refractivity contribution in [3.8, 4) is 0 Å². The second kappa shape index (κ2) is 2.86. The van der Waals surface area contributed by atoms with Crippen molar-refractivity contribution in [1.82, 2.24) is 0 Å². The van der Waals surface area contributed by atoms with Crippen molar-refractivity contribution in [3.63, 3.8) is 0 Å². The molecule has 0 heterocycles. The molecule has 66 valence electrons. The molecule has 0 bridgehead atoms. The molecule has 2 nitrogen and oxygen atoms in total. The molecule has 0 aromatic heterocycles. The van der Waals surface area contributed by atoms with E-state index in [4.69, 9.17) is 11.7 Å². The van der Waals surface area contributed by atoms with Gasteiger partial charge < -0.3 is 9.95 Å². The van der Waals surface area contributed by atoms with Gasteiger partial charge in [-0.2, -0.15) is 0 Å². The predicted octanol–water partition coefficient (Wildman–Crippen LogP) is 1.82. The van der Waals surface area contributed by atoms with Crippen molar-refractivity contribution in [2.24, 2.45) is 0 Å². The summed E-state index contributed by atoms with van der Waals surface area (Å²) in [5, 5.41) is 9.07. The SMILES string of the molecule is [C-]#[N+]C1(CO)CC1c1ccccc1. The van der Waals surface area contributed by atoms with Crippen LogP contribution >= 0.6 is 0 Å². The van der Waals surface area contributed by atoms with Crippen molar-refractivity contribution >= 4 is 0 Å². The molecule has 2 heteroatoms. The number of aliphatic hydroxyl groups excluding tert-OH is 1. The van der Waals surface area contributed by atoms with Gasteiger partial charge in [-0.05, 0) is 5.56 Å². The van der Waals surface area contributed by atoms with Gasteiger partial charge in [0, 0.05) is 6.42 Å². The highest BCUT2D eigenvalue weighted by atomic mass is 16.3. The minimum atomic E-state index is -0.499. The third-order valence-corrected chi connectivity index (χ3v) is 2.74. The first-order chi connectivity index (χ1) is 6.32. The quantitative estimate of drug-likeness (QED) is 0.678. The van der Waals surface area contributed by atoms with Gasteiger partial charge in [0.25, 0.3) is 5.54 Å². The molecule has 1 aliphatic carbocycles. The zero-order valence-electron chi connectivity index (χ0n) is 7.27. The fourth-order valence-electron chi connectivity index (χ4n) is 1.74. The van der Waals surface area contributed by atoms with E-state index in [2.05, 4.69) is 4.85 Å². The Morgan fingerprint density at radius 3 is 2.62 bits per heavy atom. The average Bonchev–Trinajstić information content (AvgIpc) is 2.95. The van der Waals surface area contributed by atoms with Crippen LogP contribution in [0.1, 0.15) is 17.9 Å². The normalized spacial score (nSPS) is 30.9. The van der Waals surface area contributed by atoms with Crippen molar-refractivity contribution in [1.29, 1.82) is 0 Å². The summed E-state index contributed by atoms with van der Waals surface area (Å²) in [5.74, 6) is 0.246. The standard InChI is InChI=1S/C11H11NO/c1-12-11(8-13)7-10(11)9-5-3-2-4-6-9/h2-6,10,13H,7-8H2. The zero-order chi connectivity index (χ0) is 9.31. The molecule has 1 fully saturated rings. The van der Waals surface area contributed by atoms with Crippen molar-refractivity contribution in [2.45, 2.75) is 17.9 Å². The van der Waals surface area contributed by atoms with Crippen molar-refractivity contribution in [3.05, 3.63) is 47.3 Å². The first kappa shape index (κ1) is 8.28. The Labute approximate surface area is 77.6 Å². The lowest BCUT2D eigenvalue weighted by Crippen LogP contribution is -2.11. The largest absolute Gasteiger partial charge is 0.388 e. The van der Waals surface area contributed by atoms with E-state index in [9.17, 15) is 0 Å². The third kappa shape index (κ3) is 1.22. The van der Waals surface area contributed by atoms with Crippen LogP contribution in [0.2, 0.25) is 0 Å². The summed E-state index contributed by atoms with van der Waals surface area (Å²) < 4.78 is 0. The van der Waals surface area contributed by atoms with Crippen molar-refractivity contribution in [2.75, 3.05) is 6.61 Å². The van der Waals surface area contributed by atoms with E-state index in [1.54, 1.807) is 0 Å². The van der Waals surface area contributed by atoms with Gasteiger partial charge in [-0.1, -0.05) is 30.3 Å². The van der Waals surface area contributed by atoms with Gasteiger partial charge in [0.2, 0.25) is 0 Å². The minimum Gasteiger partial charge on any atom is -0.388 e. The molecule has 2 rings (SSSR count). The Kier molecular flexibility index (Phi) is 1.82. The monoisotopic (exact) mass is 173 g/mol. The molecular weight excluding hydrogens is 162 g/mol. The highest BCUT2D eigenvalue weighted by Crippen LogP contribution is 2.54. The molecule has 0 radical (unpaired) electrons. The lowest BCUT2D eigenvalue weighted by atomic mass is 10.1. The number of hydrogen-bond donors (Lipinski definition) is 1. The Morgan fingerprint density at radius 2 is 2.15 bits per heavy atom. The maximum absolute atomic E-state index is 9.07. The van der Waals surface area contributed by atoms with Crippen molar-refractivity contribution < 1.29 is 5.11 Å². The first-order valence-electron chi connectivity index (χ1n) is 4.37. The summed E-state index contributed by atoms with van der Waals surface area (Å²) in [4.78, 5) is 3.51. The van der Waals surface area contributed by atoms with Crippen LogP contribution in [0.4, 0.5) is 0 Å². The van der Waals surface area contributed by atoms with Crippen LogP contribution in [0.5, 0.6) is 0 Å². The topological polar surface area (TPSA) is 24.6 Å². The van der Waals surface area contributed by atoms with Gasteiger partial charge in [0.1, 0.15) is 6.61 Å². The molecule has 0 amide bonds. The van der Waals surface area contributed by atoms with Gasteiger partial charge >= 0.3 is 0 Å². The molecule has 13 heavy (non-hydrogen) atoms. The molecule has 0 spiro atoms. The second-order valence-corrected chi connectivity index (χ2v) is 3.54. The van der Waals surface area contributed by atoms with Gasteiger partial charge in [-0.3, -0.25) is 0 Å². The van der Waals surface area contributed by atoms with E-state index < -0.39 is 5.54 Å². The van der Waals surface area contributed by atoms with Gasteiger partial charge in [0.05, 0.1) is 5.92 Å². The third-order valence-electron chi connectivity index (χ3n) is 2.74. The summed E-state index contributed by atoms with van der Waals surface area (Å²) in [6.07, 6.45) is 0.803. The fraction of sp³-hybridized carbons (Fsp3) is 0.364. The Bertz CT molecular complexity index is 341. The molecule has 2 unspecified atom stereocenters. The molecular formula is C11H11NO. The Balaban J connectivity index is 2.21. The van der Waals surface area contributed by atoms with E-state index in [1.807, 2.05) is 30.3 Å². The summed E-state index contributed by atoms with van der Waals surface area (Å²) >= 11 is 0. The molecule has 2 atom stereocenters. The van der Waals surface area contributed by atoms with Crippen LogP contribution in [0.3, 0.4) is 0 Å². The van der Waals surface area contributed by atoms with Gasteiger partial charge in [-0.25, -0.2) is 6.57 Å². The maximum atomic E-state index is 9.07. The van der Waals surface area contributed by atoms with Gasteiger partial charge in [-0.15, -0.1) is 0 Å². The molecule has 1 saturated carbocycles. The molecule has 1 N–H and O–H groups in total. The number of nitrogens with zero attached hydrogens (tertiary/aromatic N) is 1. The number of aliphatic hydroxyl groups is 1. The lowest BCUT2D eigenvalue weighted by molar-refractivity contribution is 0.270. The molecule has 1 aromatic rings. The molecule has 1 aliphatic rings. The van der Waals surface area contributed by atoms with E-state index in [1.165, 1.54) is 5.56 Å². The summed E-state index contributed by atoms with van der Waals surface area (Å²) in [6.45, 7) is 6.99. The van der Waals surface area contributed by atoms with Crippen LogP contribution in [-0.4, -0.2) is 17.3 Å². The highest BCUT2D eigenvalue weighted by molar-refractivity contribution is 5.36. The lowest BCUT2D eigenvalue weighted by Gasteiger charge is -2.00. The number of rotatable bonds is 2. The summed E-state index contributed by atoms with van der Waals surface area (Å²) in [6, 6.07) is 9.95. The van der Waals surface area contributed by atoms with E-state index >= 15 is 0 Å². The summed E-state index contributed by atoms with van der Waals surface area (Å²) in [7, 11) is 0. The maximum Gasteiger partial charge on any atom is 0.263 e. The minimum absolute atomic E-state index is 0.0178. The van der Waals surface area contributed by atoms with Crippen LogP contribution in [-0.2, 0) is 0 Å². The average molecular weight is 173 g/mol. The zero-order valence-corrected chi connectivity index (χ0v) is 7.27. The van der Waals surface area contributed by atoms with Crippen LogP contribution in [0, 0.1) is 6.57 Å². The van der Waals surface area contributed by atoms with Gasteiger partial charge in [0.15, 0.2) is 0 Å². The first-order valence-corrected chi connectivity index (χ1v) is 4.37. The Hall–Kier alpha value is -1.33. The second-order valence-electron chi connectivity index (χ2n) is 3.54. The van der Waals surface area contributed by atoms with Crippen LogP contribution in [0.15, 0.2) is 30.3 Å². The molecule has 1 aromatic carbocycles. The van der Waals surface area contributed by atoms with E-state index in [0.717, 1.165) is 6.42 Å². The molecule has 0 aliphatic heterocycles. The number of benzene rings is 1.